The molecule has 1 fully saturated rings. The van der Waals surface area contributed by atoms with Gasteiger partial charge in [0.05, 0.1) is 6.61 Å². The summed E-state index contributed by atoms with van der Waals surface area (Å²) in [5.41, 5.74) is 1.97. The van der Waals surface area contributed by atoms with Gasteiger partial charge in [0.15, 0.2) is 11.5 Å². The number of benzene rings is 3. The minimum absolute atomic E-state index is 0.0471. The summed E-state index contributed by atoms with van der Waals surface area (Å²) in [6, 6.07) is 23.9. The molecule has 1 aromatic heterocycles. The Kier molecular flexibility index (Phi) is 9.65. The molecular weight excluding hydrogens is 584 g/mol. The van der Waals surface area contributed by atoms with Crippen LogP contribution in [0.2, 0.25) is 0 Å². The highest BCUT2D eigenvalue weighted by molar-refractivity contribution is 7.18. The van der Waals surface area contributed by atoms with Gasteiger partial charge in [-0.15, -0.1) is 11.3 Å². The maximum Gasteiger partial charge on any atom is 0.349 e. The summed E-state index contributed by atoms with van der Waals surface area (Å²) >= 11 is 1.03. The Morgan fingerprint density at radius 1 is 0.886 bits per heavy atom. The number of hydrogen-bond acceptors (Lipinski definition) is 7. The van der Waals surface area contributed by atoms with E-state index in [1.54, 1.807) is 17.9 Å². The van der Waals surface area contributed by atoms with Gasteiger partial charge in [-0.25, -0.2) is 14.4 Å². The number of carbonyl (C=O) groups excluding carboxylic acids is 1. The third kappa shape index (κ3) is 7.67. The van der Waals surface area contributed by atoms with Crippen molar-refractivity contribution in [2.45, 2.75) is 19.8 Å². The molecule has 0 spiro atoms. The number of nitrogens with one attached hydrogen (secondary N) is 1. The molecule has 0 saturated carbocycles. The number of carboxylic acid groups (broad SMARTS) is 2. The number of para-hydroxylation sites is 1. The highest BCUT2D eigenvalue weighted by Gasteiger charge is 2.25. The summed E-state index contributed by atoms with van der Waals surface area (Å²) in [5.74, 6) is -0.0377. The summed E-state index contributed by atoms with van der Waals surface area (Å²) in [5, 5.41) is 21.5. The topological polar surface area (TPSA) is 135 Å². The van der Waals surface area contributed by atoms with E-state index >= 15 is 0 Å². The van der Waals surface area contributed by atoms with Gasteiger partial charge in [-0.2, -0.15) is 0 Å². The van der Waals surface area contributed by atoms with Gasteiger partial charge in [0.2, 0.25) is 0 Å². The quantitative estimate of drug-likeness (QED) is 0.164. The largest absolute Gasteiger partial charge is 0.493 e. The maximum atomic E-state index is 12.9. The number of urea groups is 1. The zero-order chi connectivity index (χ0) is 31.1. The van der Waals surface area contributed by atoms with Gasteiger partial charge in [0.1, 0.15) is 23.0 Å². The minimum atomic E-state index is -1.19. The molecule has 0 radical (unpaired) electrons. The third-order valence-electron chi connectivity index (χ3n) is 7.17. The summed E-state index contributed by atoms with van der Waals surface area (Å²) in [6.07, 6.45) is 1.58. The highest BCUT2D eigenvalue weighted by atomic mass is 32.1. The lowest BCUT2D eigenvalue weighted by Gasteiger charge is -2.32. The number of piperidine rings is 1. The Labute approximate surface area is 258 Å². The van der Waals surface area contributed by atoms with Crippen molar-refractivity contribution in [3.8, 4) is 33.4 Å². The lowest BCUT2D eigenvalue weighted by Crippen LogP contribution is -2.42. The summed E-state index contributed by atoms with van der Waals surface area (Å²) in [6.45, 7) is 2.77. The van der Waals surface area contributed by atoms with Gasteiger partial charge >= 0.3 is 18.0 Å². The Morgan fingerprint density at radius 2 is 1.59 bits per heavy atom. The lowest BCUT2D eigenvalue weighted by molar-refractivity contribution is -0.139. The van der Waals surface area contributed by atoms with Crippen LogP contribution >= 0.6 is 11.3 Å². The van der Waals surface area contributed by atoms with Gasteiger partial charge in [0.25, 0.3) is 0 Å². The zero-order valence-corrected chi connectivity index (χ0v) is 24.8. The van der Waals surface area contributed by atoms with Gasteiger partial charge in [-0.1, -0.05) is 36.4 Å². The van der Waals surface area contributed by atoms with Gasteiger partial charge < -0.3 is 34.6 Å². The number of aromatic carboxylic acids is 1. The van der Waals surface area contributed by atoms with E-state index in [0.29, 0.717) is 47.3 Å². The molecule has 4 aromatic rings. The first-order chi connectivity index (χ1) is 21.3. The molecule has 1 saturated heterocycles. The van der Waals surface area contributed by atoms with E-state index in [4.69, 9.17) is 19.3 Å². The molecule has 228 valence electrons. The fourth-order valence-electron chi connectivity index (χ4n) is 4.93. The van der Waals surface area contributed by atoms with Crippen LogP contribution < -0.4 is 19.5 Å². The fraction of sp³-hybridized carbons (Fsp3) is 0.242. The van der Waals surface area contributed by atoms with E-state index in [0.717, 1.165) is 35.5 Å². The van der Waals surface area contributed by atoms with Crippen molar-refractivity contribution in [1.82, 2.24) is 4.90 Å². The number of hydrogen-bond donors (Lipinski definition) is 3. The first-order valence-electron chi connectivity index (χ1n) is 14.1. The van der Waals surface area contributed by atoms with Crippen molar-refractivity contribution < 1.29 is 38.8 Å². The van der Waals surface area contributed by atoms with Crippen LogP contribution in [0.15, 0.2) is 78.9 Å². The van der Waals surface area contributed by atoms with Crippen LogP contribution in [0.4, 0.5) is 10.5 Å². The summed E-state index contributed by atoms with van der Waals surface area (Å²) in [7, 11) is 0. The maximum absolute atomic E-state index is 12.9. The molecule has 2 amide bonds. The molecule has 0 aliphatic carbocycles. The molecule has 0 bridgehead atoms. The zero-order valence-electron chi connectivity index (χ0n) is 24.0. The van der Waals surface area contributed by atoms with Gasteiger partial charge in [0, 0.05) is 35.3 Å². The Balaban J connectivity index is 1.13. The van der Waals surface area contributed by atoms with Crippen molar-refractivity contribution >= 4 is 35.0 Å². The molecule has 11 heteroatoms. The second-order valence-corrected chi connectivity index (χ2v) is 11.4. The Hall–Kier alpha value is -5.03. The van der Waals surface area contributed by atoms with Crippen molar-refractivity contribution in [3.63, 3.8) is 0 Å². The van der Waals surface area contributed by atoms with E-state index in [2.05, 4.69) is 5.32 Å². The van der Waals surface area contributed by atoms with Crippen molar-refractivity contribution in [1.29, 1.82) is 0 Å². The molecule has 5 rings (SSSR count). The first-order valence-corrected chi connectivity index (χ1v) is 14.9. The number of carbonyl (C=O) groups is 3. The molecule has 3 N–H and O–H groups in total. The summed E-state index contributed by atoms with van der Waals surface area (Å²) < 4.78 is 17.3. The lowest BCUT2D eigenvalue weighted by atomic mass is 9.98. The normalized spacial score (nSPS) is 13.2. The number of ether oxygens (including phenoxy) is 3. The molecule has 10 nitrogen and oxygen atoms in total. The number of rotatable bonds is 11. The molecule has 0 unspecified atom stereocenters. The molecule has 2 heterocycles. The van der Waals surface area contributed by atoms with Crippen LogP contribution in [-0.2, 0) is 4.79 Å². The highest BCUT2D eigenvalue weighted by Crippen LogP contribution is 2.42. The molecule has 44 heavy (non-hydrogen) atoms. The van der Waals surface area contributed by atoms with Crippen LogP contribution in [0.25, 0.3) is 10.4 Å². The summed E-state index contributed by atoms with van der Waals surface area (Å²) in [4.78, 5) is 38.1. The number of likely N-dealkylation sites (tertiary alicyclic amines) is 1. The molecule has 1 aliphatic heterocycles. The first kappa shape index (κ1) is 30.4. The van der Waals surface area contributed by atoms with E-state index in [-0.39, 0.29) is 22.6 Å². The number of carboxylic acids is 2. The minimum Gasteiger partial charge on any atom is -0.493 e. The predicted molar refractivity (Wildman–Crippen MR) is 166 cm³/mol. The van der Waals surface area contributed by atoms with E-state index in [1.165, 1.54) is 0 Å². The fourth-order valence-corrected chi connectivity index (χ4v) is 6.02. The smallest absolute Gasteiger partial charge is 0.349 e. The Morgan fingerprint density at radius 3 is 2.32 bits per heavy atom. The second kappa shape index (κ2) is 14.0. The molecule has 0 atom stereocenters. The number of anilines is 1. The van der Waals surface area contributed by atoms with Crippen LogP contribution in [-0.4, -0.2) is 59.4 Å². The second-order valence-electron chi connectivity index (χ2n) is 10.3. The predicted octanol–water partition coefficient (Wildman–Crippen LogP) is 7.00. The number of nitrogens with zero attached hydrogens (tertiary/aromatic N) is 1. The van der Waals surface area contributed by atoms with Crippen molar-refractivity contribution in [2.75, 3.05) is 31.6 Å². The average molecular weight is 617 g/mol. The molecular formula is C33H32N2O8S. The number of aliphatic carboxylic acids is 1. The number of amides is 2. The van der Waals surface area contributed by atoms with Crippen LogP contribution in [0.1, 0.15) is 28.1 Å². The molecule has 3 aromatic carbocycles. The van der Waals surface area contributed by atoms with Gasteiger partial charge in [-0.3, -0.25) is 0 Å². The monoisotopic (exact) mass is 616 g/mol. The standard InChI is InChI=1S/C33H32N2O8S/c1-21-29(42-20-28(36)37)31(32(38)39)44-30(21)23-7-5-11-26(17-23)41-19-22-13-15-35(16-14-22)33(40)34-24-8-6-12-27(18-24)43-25-9-3-2-4-10-25/h2-12,17-18,22H,13-16,19-20H2,1H3,(H,34,40)(H,36,37)(H,38,39). The number of thiophene rings is 1. The average Bonchev–Trinajstić information content (AvgIpc) is 3.36. The van der Waals surface area contributed by atoms with Crippen LogP contribution in [0.3, 0.4) is 0 Å². The van der Waals surface area contributed by atoms with Gasteiger partial charge in [-0.05, 0) is 67.6 Å². The van der Waals surface area contributed by atoms with Crippen molar-refractivity contribution in [3.05, 3.63) is 89.3 Å². The Bertz CT molecular complexity index is 1630. The van der Waals surface area contributed by atoms with E-state index < -0.39 is 18.5 Å². The van der Waals surface area contributed by atoms with Crippen molar-refractivity contribution in [2.24, 2.45) is 5.92 Å². The van der Waals surface area contributed by atoms with Crippen LogP contribution in [0.5, 0.6) is 23.0 Å². The van der Waals surface area contributed by atoms with E-state index in [1.807, 2.05) is 72.8 Å². The van der Waals surface area contributed by atoms with Crippen LogP contribution in [0, 0.1) is 12.8 Å². The SMILES string of the molecule is Cc1c(-c2cccc(OCC3CCN(C(=O)Nc4cccc(Oc5ccccc5)c4)CC3)c2)sc(C(=O)O)c1OCC(=O)O. The third-order valence-corrected chi connectivity index (χ3v) is 8.48. The van der Waals surface area contributed by atoms with E-state index in [9.17, 15) is 19.5 Å². The molecule has 1 aliphatic rings.